The van der Waals surface area contributed by atoms with E-state index in [-0.39, 0.29) is 12.5 Å². The number of fused-ring (bicyclic) bond motifs is 1. The Labute approximate surface area is 143 Å². The molecular weight excluding hydrogens is 330 g/mol. The van der Waals surface area contributed by atoms with Gasteiger partial charge < -0.3 is 14.6 Å². The Morgan fingerprint density at radius 3 is 3.21 bits per heavy atom. The fraction of sp³-hybridized carbons (Fsp3) is 0.438. The number of nitrogens with zero attached hydrogens (tertiary/aromatic N) is 3. The number of amides is 1. The minimum atomic E-state index is -0.742. The highest BCUT2D eigenvalue weighted by atomic mass is 32.1. The number of carbonyl (C=O) groups excluding carboxylic acids is 1. The maximum Gasteiger partial charge on any atom is 0.414 e. The molecule has 1 N–H and O–H groups in total. The van der Waals surface area contributed by atoms with Crippen molar-refractivity contribution in [3.63, 3.8) is 0 Å². The Morgan fingerprint density at radius 1 is 1.62 bits per heavy atom. The van der Waals surface area contributed by atoms with Crippen molar-refractivity contribution in [1.82, 2.24) is 4.98 Å². The van der Waals surface area contributed by atoms with E-state index in [0.29, 0.717) is 24.6 Å². The van der Waals surface area contributed by atoms with Crippen LogP contribution in [-0.4, -0.2) is 42.5 Å². The fourth-order valence-corrected chi connectivity index (χ4v) is 3.59. The van der Waals surface area contributed by atoms with Gasteiger partial charge in [0.05, 0.1) is 29.4 Å². The standard InChI is InChI=1S/C16H17N3O4S/c1-22-9-11-8-19(16(21)23-11)10-4-5-12-14(7-10)24-15(18-12)13(20)3-2-6-17/h4-5,7,11,13,20H,2-3,8-9H2,1H3/t11-,13?/m1/s1. The number of ether oxygens (including phenoxy) is 2. The van der Waals surface area contributed by atoms with Crippen LogP contribution in [0, 0.1) is 11.3 Å². The zero-order chi connectivity index (χ0) is 17.1. The van der Waals surface area contributed by atoms with Crippen molar-refractivity contribution in [2.75, 3.05) is 25.2 Å². The first kappa shape index (κ1) is 16.6. The van der Waals surface area contributed by atoms with Crippen molar-refractivity contribution in [3.8, 4) is 6.07 Å². The third-order valence-corrected chi connectivity index (χ3v) is 4.86. The predicted molar refractivity (Wildman–Crippen MR) is 88.9 cm³/mol. The maximum atomic E-state index is 12.0. The Kier molecular flexibility index (Phi) is 4.94. The number of aromatic nitrogens is 1. The molecule has 1 amide bonds. The van der Waals surface area contributed by atoms with Gasteiger partial charge in [-0.1, -0.05) is 0 Å². The molecule has 0 spiro atoms. The van der Waals surface area contributed by atoms with E-state index in [0.717, 1.165) is 15.9 Å². The van der Waals surface area contributed by atoms with Crippen LogP contribution in [0.2, 0.25) is 0 Å². The molecule has 2 heterocycles. The van der Waals surface area contributed by atoms with Gasteiger partial charge in [0.2, 0.25) is 0 Å². The Hall–Kier alpha value is -2.21. The largest absolute Gasteiger partial charge is 0.441 e. The molecular formula is C16H17N3O4S. The normalized spacial score (nSPS) is 18.6. The number of rotatable bonds is 6. The first-order chi connectivity index (χ1) is 11.6. The summed E-state index contributed by atoms with van der Waals surface area (Å²) >= 11 is 1.37. The van der Waals surface area contributed by atoms with Crippen LogP contribution in [0.5, 0.6) is 0 Å². The Morgan fingerprint density at radius 2 is 2.46 bits per heavy atom. The zero-order valence-electron chi connectivity index (χ0n) is 13.1. The van der Waals surface area contributed by atoms with Gasteiger partial charge in [-0.25, -0.2) is 9.78 Å². The number of benzene rings is 1. The lowest BCUT2D eigenvalue weighted by molar-refractivity contribution is 0.0718. The highest BCUT2D eigenvalue weighted by Gasteiger charge is 2.32. The molecule has 24 heavy (non-hydrogen) atoms. The van der Waals surface area contributed by atoms with Gasteiger partial charge in [-0.15, -0.1) is 11.3 Å². The lowest BCUT2D eigenvalue weighted by atomic mass is 10.2. The Balaban J connectivity index is 1.81. The average molecular weight is 347 g/mol. The zero-order valence-corrected chi connectivity index (χ0v) is 14.0. The van der Waals surface area contributed by atoms with Crippen LogP contribution in [-0.2, 0) is 9.47 Å². The second-order valence-electron chi connectivity index (χ2n) is 5.49. The van der Waals surface area contributed by atoms with Crippen molar-refractivity contribution in [2.45, 2.75) is 25.0 Å². The van der Waals surface area contributed by atoms with E-state index in [2.05, 4.69) is 4.98 Å². The van der Waals surface area contributed by atoms with Crippen LogP contribution < -0.4 is 4.90 Å². The molecule has 1 fully saturated rings. The van der Waals surface area contributed by atoms with Crippen LogP contribution in [0.25, 0.3) is 10.2 Å². The Bertz CT molecular complexity index is 785. The molecule has 1 aromatic carbocycles. The predicted octanol–water partition coefficient (Wildman–Crippen LogP) is 2.61. The van der Waals surface area contributed by atoms with Gasteiger partial charge in [-0.05, 0) is 24.6 Å². The second kappa shape index (κ2) is 7.13. The summed E-state index contributed by atoms with van der Waals surface area (Å²) in [6, 6.07) is 7.51. The van der Waals surface area contributed by atoms with Gasteiger partial charge in [0.25, 0.3) is 0 Å². The summed E-state index contributed by atoms with van der Waals surface area (Å²) in [5.41, 5.74) is 1.49. The molecule has 1 aliphatic rings. The third-order valence-electron chi connectivity index (χ3n) is 3.74. The monoisotopic (exact) mass is 347 g/mol. The minimum Gasteiger partial charge on any atom is -0.441 e. The molecule has 0 bridgehead atoms. The molecule has 0 aliphatic carbocycles. The highest BCUT2D eigenvalue weighted by molar-refractivity contribution is 7.18. The van der Waals surface area contributed by atoms with Crippen LogP contribution in [0.4, 0.5) is 10.5 Å². The summed E-state index contributed by atoms with van der Waals surface area (Å²) < 4.78 is 11.2. The number of carbonyl (C=O) groups is 1. The molecule has 8 heteroatoms. The quantitative estimate of drug-likeness (QED) is 0.863. The number of hydrogen-bond donors (Lipinski definition) is 1. The summed E-state index contributed by atoms with van der Waals surface area (Å²) in [6.45, 7) is 0.801. The van der Waals surface area contributed by atoms with Crippen molar-refractivity contribution in [2.24, 2.45) is 0 Å². The molecule has 2 atom stereocenters. The van der Waals surface area contributed by atoms with E-state index in [4.69, 9.17) is 14.7 Å². The van der Waals surface area contributed by atoms with Gasteiger partial charge in [0.15, 0.2) is 0 Å². The van der Waals surface area contributed by atoms with E-state index >= 15 is 0 Å². The lowest BCUT2D eigenvalue weighted by Crippen LogP contribution is -2.25. The lowest BCUT2D eigenvalue weighted by Gasteiger charge is -2.12. The number of cyclic esters (lactones) is 1. The van der Waals surface area contributed by atoms with E-state index in [1.807, 2.05) is 24.3 Å². The van der Waals surface area contributed by atoms with E-state index in [1.54, 1.807) is 12.0 Å². The van der Waals surface area contributed by atoms with Gasteiger partial charge in [0, 0.05) is 19.2 Å². The van der Waals surface area contributed by atoms with Crippen LogP contribution in [0.3, 0.4) is 0 Å². The molecule has 1 unspecified atom stereocenters. The van der Waals surface area contributed by atoms with Crippen molar-refractivity contribution in [3.05, 3.63) is 23.2 Å². The average Bonchev–Trinajstić information content (AvgIpc) is 3.15. The molecule has 0 saturated carbocycles. The molecule has 1 saturated heterocycles. The molecule has 1 aromatic heterocycles. The van der Waals surface area contributed by atoms with Gasteiger partial charge in [-0.3, -0.25) is 4.90 Å². The van der Waals surface area contributed by atoms with E-state index in [9.17, 15) is 9.90 Å². The minimum absolute atomic E-state index is 0.275. The first-order valence-electron chi connectivity index (χ1n) is 7.55. The number of aliphatic hydroxyl groups excluding tert-OH is 1. The van der Waals surface area contributed by atoms with Crippen LogP contribution in [0.1, 0.15) is 24.0 Å². The van der Waals surface area contributed by atoms with Crippen LogP contribution in [0.15, 0.2) is 18.2 Å². The summed E-state index contributed by atoms with van der Waals surface area (Å²) in [4.78, 5) is 18.0. The summed E-state index contributed by atoms with van der Waals surface area (Å²) in [5.74, 6) is 0. The number of methoxy groups -OCH3 is 1. The number of aliphatic hydroxyl groups is 1. The maximum absolute atomic E-state index is 12.0. The molecule has 3 rings (SSSR count). The molecule has 126 valence electrons. The molecule has 1 aliphatic heterocycles. The topological polar surface area (TPSA) is 95.7 Å². The van der Waals surface area contributed by atoms with E-state index < -0.39 is 12.2 Å². The number of nitriles is 1. The van der Waals surface area contributed by atoms with Gasteiger partial charge in [0.1, 0.15) is 17.2 Å². The van der Waals surface area contributed by atoms with Crippen molar-refractivity contribution in [1.29, 1.82) is 5.26 Å². The van der Waals surface area contributed by atoms with Gasteiger partial charge >= 0.3 is 6.09 Å². The van der Waals surface area contributed by atoms with Crippen molar-refractivity contribution < 1.29 is 19.4 Å². The second-order valence-corrected chi connectivity index (χ2v) is 6.55. The highest BCUT2D eigenvalue weighted by Crippen LogP contribution is 2.32. The number of hydrogen-bond acceptors (Lipinski definition) is 7. The molecule has 0 radical (unpaired) electrons. The smallest absolute Gasteiger partial charge is 0.414 e. The summed E-state index contributed by atoms with van der Waals surface area (Å²) in [5, 5.41) is 19.3. The van der Waals surface area contributed by atoms with E-state index in [1.165, 1.54) is 11.3 Å². The van der Waals surface area contributed by atoms with Gasteiger partial charge in [-0.2, -0.15) is 5.26 Å². The summed E-state index contributed by atoms with van der Waals surface area (Å²) in [7, 11) is 1.57. The number of thiazole rings is 1. The first-order valence-corrected chi connectivity index (χ1v) is 8.36. The summed E-state index contributed by atoms with van der Waals surface area (Å²) in [6.07, 6.45) is -0.769. The SMILES string of the molecule is COC[C@H]1CN(c2ccc3nc(C(O)CCC#N)sc3c2)C(=O)O1. The van der Waals surface area contributed by atoms with Crippen LogP contribution >= 0.6 is 11.3 Å². The molecule has 2 aromatic rings. The van der Waals surface area contributed by atoms with Crippen molar-refractivity contribution >= 4 is 33.3 Å². The fourth-order valence-electron chi connectivity index (χ4n) is 2.57. The third kappa shape index (κ3) is 3.33. The molecule has 7 nitrogen and oxygen atoms in total. The number of anilines is 1.